The van der Waals surface area contributed by atoms with Crippen LogP contribution in [0.3, 0.4) is 0 Å². The van der Waals surface area contributed by atoms with Crippen LogP contribution in [0.2, 0.25) is 0 Å². The summed E-state index contributed by atoms with van der Waals surface area (Å²) in [6.45, 7) is 9.35. The van der Waals surface area contributed by atoms with E-state index in [1.54, 1.807) is 0 Å². The topological polar surface area (TPSA) is 27.3 Å². The van der Waals surface area contributed by atoms with Crippen LogP contribution in [0.5, 0.6) is 0 Å². The van der Waals surface area contributed by atoms with Gasteiger partial charge in [-0.3, -0.25) is 4.90 Å². The quantitative estimate of drug-likeness (QED) is 0.598. The Bertz CT molecular complexity index is 604. The van der Waals surface area contributed by atoms with Crippen LogP contribution in [0.15, 0.2) is 35.3 Å². The fourth-order valence-electron chi connectivity index (χ4n) is 3.76. The zero-order valence-electron chi connectivity index (χ0n) is 13.5. The van der Waals surface area contributed by atoms with Gasteiger partial charge in [-0.1, -0.05) is 12.1 Å². The monoisotopic (exact) mass is 393 g/mol. The summed E-state index contributed by atoms with van der Waals surface area (Å²) >= 11 is 9.03. The molecule has 0 aliphatic carbocycles. The molecule has 0 aromatic heterocycles. The second kappa shape index (κ2) is 7.32. The highest BCUT2D eigenvalue weighted by Crippen LogP contribution is 2.36. The molecule has 0 saturated carbocycles. The Morgan fingerprint density at radius 3 is 3.00 bits per heavy atom. The number of piperidine rings is 3. The van der Waals surface area contributed by atoms with Gasteiger partial charge in [0.25, 0.3) is 0 Å². The Balaban J connectivity index is 1.51. The number of halogens is 1. The van der Waals surface area contributed by atoms with Crippen LogP contribution in [0.25, 0.3) is 0 Å². The molecule has 3 saturated heterocycles. The lowest BCUT2D eigenvalue weighted by atomic mass is 9.76. The second-order valence-electron chi connectivity index (χ2n) is 6.65. The first kappa shape index (κ1) is 16.9. The van der Waals surface area contributed by atoms with E-state index in [4.69, 9.17) is 12.2 Å². The largest absolute Gasteiger partial charge is 0.361 e. The molecule has 2 bridgehead atoms. The molecule has 1 unspecified atom stereocenters. The van der Waals surface area contributed by atoms with E-state index < -0.39 is 0 Å². The maximum Gasteiger partial charge on any atom is 0.170 e. The van der Waals surface area contributed by atoms with Crippen molar-refractivity contribution in [3.05, 3.63) is 40.9 Å². The molecular weight excluding hydrogens is 370 g/mol. The van der Waals surface area contributed by atoms with Gasteiger partial charge in [0.2, 0.25) is 0 Å². The molecule has 1 aromatic rings. The smallest absolute Gasteiger partial charge is 0.170 e. The zero-order chi connectivity index (χ0) is 16.4. The van der Waals surface area contributed by atoms with Gasteiger partial charge in [0.05, 0.1) is 5.69 Å². The number of thiocarbonyl (C=S) groups is 1. The number of hydrogen-bond donors (Lipinski definition) is 2. The first-order valence-corrected chi connectivity index (χ1v) is 9.44. The van der Waals surface area contributed by atoms with Gasteiger partial charge in [-0.15, -0.1) is 6.58 Å². The van der Waals surface area contributed by atoms with Crippen LogP contribution >= 0.6 is 28.1 Å². The van der Waals surface area contributed by atoms with Gasteiger partial charge in [0.15, 0.2) is 5.11 Å². The molecule has 124 valence electrons. The number of aryl methyl sites for hydroxylation is 1. The average Bonchev–Trinajstić information content (AvgIpc) is 2.56. The van der Waals surface area contributed by atoms with Crippen molar-refractivity contribution in [1.82, 2.24) is 10.2 Å². The van der Waals surface area contributed by atoms with Gasteiger partial charge in [0, 0.05) is 23.6 Å². The van der Waals surface area contributed by atoms with Crippen LogP contribution in [0.4, 0.5) is 5.69 Å². The van der Waals surface area contributed by atoms with Crippen molar-refractivity contribution in [2.24, 2.45) is 11.8 Å². The molecule has 3 heterocycles. The van der Waals surface area contributed by atoms with E-state index >= 15 is 0 Å². The van der Waals surface area contributed by atoms with Crippen LogP contribution in [-0.2, 0) is 0 Å². The maximum absolute atomic E-state index is 5.45. The second-order valence-corrected chi connectivity index (χ2v) is 7.91. The molecule has 1 aromatic carbocycles. The van der Waals surface area contributed by atoms with Crippen molar-refractivity contribution in [3.63, 3.8) is 0 Å². The third-order valence-electron chi connectivity index (χ3n) is 5.10. The van der Waals surface area contributed by atoms with Gasteiger partial charge >= 0.3 is 0 Å². The van der Waals surface area contributed by atoms with Gasteiger partial charge in [-0.2, -0.15) is 0 Å². The number of anilines is 1. The van der Waals surface area contributed by atoms with Crippen LogP contribution in [0.1, 0.15) is 18.4 Å². The minimum atomic E-state index is 0.589. The minimum absolute atomic E-state index is 0.589. The lowest BCUT2D eigenvalue weighted by Gasteiger charge is -2.49. The lowest BCUT2D eigenvalue weighted by molar-refractivity contribution is 0.0215. The third-order valence-corrected chi connectivity index (χ3v) is 6.01. The number of nitrogens with zero attached hydrogens (tertiary/aromatic N) is 1. The number of hydrogen-bond acceptors (Lipinski definition) is 2. The number of rotatable bonds is 4. The first-order chi connectivity index (χ1) is 11.1. The van der Waals surface area contributed by atoms with Crippen molar-refractivity contribution < 1.29 is 0 Å². The molecule has 0 spiro atoms. The van der Waals surface area contributed by atoms with E-state index in [0.717, 1.165) is 29.2 Å². The summed E-state index contributed by atoms with van der Waals surface area (Å²) in [6, 6.07) is 6.81. The van der Waals surface area contributed by atoms with Crippen LogP contribution in [0, 0.1) is 18.8 Å². The Morgan fingerprint density at radius 1 is 1.52 bits per heavy atom. The molecule has 2 N–H and O–H groups in total. The van der Waals surface area contributed by atoms with Crippen molar-refractivity contribution in [2.45, 2.75) is 25.8 Å². The Morgan fingerprint density at radius 2 is 2.35 bits per heavy atom. The van der Waals surface area contributed by atoms with E-state index in [2.05, 4.69) is 63.2 Å². The molecular formula is C18H24BrN3S. The standard InChI is InChI=1S/C18H24BrN3S/c1-3-13-11-22-7-6-14(13)9-15(22)10-20-18(23)21-17-5-4-12(2)8-16(17)19/h3-5,8,13-15H,1,6-7,9-11H2,2H3,(H2,20,21,23)/t13-,14-,15+/m0/s1. The molecule has 0 amide bonds. The van der Waals surface area contributed by atoms with E-state index in [1.807, 2.05) is 6.07 Å². The van der Waals surface area contributed by atoms with Gasteiger partial charge in [-0.25, -0.2) is 0 Å². The van der Waals surface area contributed by atoms with Crippen molar-refractivity contribution >= 4 is 38.9 Å². The lowest BCUT2D eigenvalue weighted by Crippen LogP contribution is -2.56. The predicted octanol–water partition coefficient (Wildman–Crippen LogP) is 3.94. The van der Waals surface area contributed by atoms with Crippen LogP contribution < -0.4 is 10.6 Å². The van der Waals surface area contributed by atoms with E-state index in [9.17, 15) is 0 Å². The predicted molar refractivity (Wildman–Crippen MR) is 105 cm³/mol. The summed E-state index contributed by atoms with van der Waals surface area (Å²) in [5.41, 5.74) is 2.23. The maximum atomic E-state index is 5.45. The van der Waals surface area contributed by atoms with Gasteiger partial charge in [-0.05, 0) is 84.0 Å². The summed E-state index contributed by atoms with van der Waals surface area (Å²) in [5.74, 6) is 1.48. The summed E-state index contributed by atoms with van der Waals surface area (Å²) in [7, 11) is 0. The molecule has 4 rings (SSSR count). The zero-order valence-corrected chi connectivity index (χ0v) is 15.9. The number of fused-ring (bicyclic) bond motifs is 3. The minimum Gasteiger partial charge on any atom is -0.361 e. The summed E-state index contributed by atoms with van der Waals surface area (Å²) in [6.07, 6.45) is 4.70. The summed E-state index contributed by atoms with van der Waals surface area (Å²) < 4.78 is 1.04. The summed E-state index contributed by atoms with van der Waals surface area (Å²) in [5, 5.41) is 7.36. The highest BCUT2D eigenvalue weighted by molar-refractivity contribution is 9.10. The Labute approximate surface area is 152 Å². The normalized spacial score (nSPS) is 29.1. The molecule has 0 radical (unpaired) electrons. The Kier molecular flexibility index (Phi) is 5.39. The molecule has 3 aliphatic rings. The van der Waals surface area contributed by atoms with Gasteiger partial charge < -0.3 is 10.6 Å². The SMILES string of the molecule is C=C[C@H]1CN2CC[C@H]1C[C@@H]2CNC(=S)Nc1ccc(C)cc1Br. The molecule has 3 aliphatic heterocycles. The molecule has 3 fully saturated rings. The van der Waals surface area contributed by atoms with Crippen molar-refractivity contribution in [1.29, 1.82) is 0 Å². The first-order valence-electron chi connectivity index (χ1n) is 8.24. The molecule has 5 heteroatoms. The van der Waals surface area contributed by atoms with Crippen molar-refractivity contribution in [3.8, 4) is 0 Å². The molecule has 4 atom stereocenters. The van der Waals surface area contributed by atoms with E-state index in [0.29, 0.717) is 17.1 Å². The van der Waals surface area contributed by atoms with Gasteiger partial charge in [0.1, 0.15) is 0 Å². The van der Waals surface area contributed by atoms with Crippen LogP contribution in [-0.4, -0.2) is 35.7 Å². The van der Waals surface area contributed by atoms with Crippen molar-refractivity contribution in [2.75, 3.05) is 25.0 Å². The third kappa shape index (κ3) is 3.95. The highest BCUT2D eigenvalue weighted by atomic mass is 79.9. The number of nitrogens with one attached hydrogen (secondary N) is 2. The summed E-state index contributed by atoms with van der Waals surface area (Å²) in [4.78, 5) is 2.59. The fourth-order valence-corrected chi connectivity index (χ4v) is 4.54. The molecule has 3 nitrogen and oxygen atoms in total. The van der Waals surface area contributed by atoms with E-state index in [-0.39, 0.29) is 0 Å². The average molecular weight is 394 g/mol. The fraction of sp³-hybridized carbons (Fsp3) is 0.500. The highest BCUT2D eigenvalue weighted by Gasteiger charge is 2.38. The van der Waals surface area contributed by atoms with E-state index in [1.165, 1.54) is 24.9 Å². The number of benzene rings is 1. The Hall–Kier alpha value is -0.910. The molecule has 23 heavy (non-hydrogen) atoms.